The molecule has 1 aromatic carbocycles. The van der Waals surface area contributed by atoms with Crippen LogP contribution in [0.3, 0.4) is 0 Å². The quantitative estimate of drug-likeness (QED) is 0.821. The lowest BCUT2D eigenvalue weighted by Gasteiger charge is -2.22. The third kappa shape index (κ3) is 2.56. The third-order valence-electron chi connectivity index (χ3n) is 2.97. The number of rotatable bonds is 3. The van der Waals surface area contributed by atoms with E-state index in [9.17, 15) is 4.39 Å². The second-order valence-electron chi connectivity index (χ2n) is 5.27. The lowest BCUT2D eigenvalue weighted by atomic mass is 9.90. The third-order valence-corrected chi connectivity index (χ3v) is 3.58. The summed E-state index contributed by atoms with van der Waals surface area (Å²) in [6, 6.07) is 7.41. The average Bonchev–Trinajstić information content (AvgIpc) is 2.61. The molecule has 2 aromatic rings. The van der Waals surface area contributed by atoms with Crippen molar-refractivity contribution in [1.29, 1.82) is 5.26 Å². The minimum absolute atomic E-state index is 0.0957. The molecule has 1 heterocycles. The van der Waals surface area contributed by atoms with Crippen molar-refractivity contribution >= 4 is 26.8 Å². The van der Waals surface area contributed by atoms with Crippen molar-refractivity contribution in [1.82, 2.24) is 4.57 Å². The summed E-state index contributed by atoms with van der Waals surface area (Å²) in [5, 5.41) is 9.69. The standard InChI is InChI=1S/C14H14BrFN2/c1-14(2,4-5-17)9-18-6-3-10-7-12(16)11(15)8-13(10)18/h3,6-8H,4,9H2,1-2H3. The van der Waals surface area contributed by atoms with Crippen LogP contribution in [-0.4, -0.2) is 4.57 Å². The Morgan fingerprint density at radius 1 is 1.44 bits per heavy atom. The molecule has 94 valence electrons. The topological polar surface area (TPSA) is 28.7 Å². The van der Waals surface area contributed by atoms with E-state index in [0.29, 0.717) is 10.9 Å². The van der Waals surface area contributed by atoms with Crippen LogP contribution in [-0.2, 0) is 6.54 Å². The van der Waals surface area contributed by atoms with Gasteiger partial charge in [0.25, 0.3) is 0 Å². The van der Waals surface area contributed by atoms with Crippen LogP contribution in [0.25, 0.3) is 10.9 Å². The number of hydrogen-bond donors (Lipinski definition) is 0. The van der Waals surface area contributed by atoms with E-state index in [2.05, 4.69) is 40.4 Å². The molecule has 2 nitrogen and oxygen atoms in total. The van der Waals surface area contributed by atoms with Gasteiger partial charge in [0.2, 0.25) is 0 Å². The van der Waals surface area contributed by atoms with Gasteiger partial charge in [-0.25, -0.2) is 4.39 Å². The summed E-state index contributed by atoms with van der Waals surface area (Å²) in [5.41, 5.74) is 0.885. The van der Waals surface area contributed by atoms with Gasteiger partial charge >= 0.3 is 0 Å². The van der Waals surface area contributed by atoms with Crippen LogP contribution < -0.4 is 0 Å². The zero-order valence-corrected chi connectivity index (χ0v) is 12.0. The van der Waals surface area contributed by atoms with Crippen molar-refractivity contribution in [3.8, 4) is 6.07 Å². The molecule has 0 amide bonds. The first kappa shape index (κ1) is 13.1. The Labute approximate surface area is 114 Å². The minimum atomic E-state index is -0.253. The largest absolute Gasteiger partial charge is 0.347 e. The summed E-state index contributed by atoms with van der Waals surface area (Å²) in [6.45, 7) is 4.85. The van der Waals surface area contributed by atoms with E-state index in [1.54, 1.807) is 6.07 Å². The Hall–Kier alpha value is -1.34. The Balaban J connectivity index is 2.41. The Morgan fingerprint density at radius 2 is 2.17 bits per heavy atom. The number of aromatic nitrogens is 1. The highest BCUT2D eigenvalue weighted by Gasteiger charge is 2.19. The first-order chi connectivity index (χ1) is 8.43. The lowest BCUT2D eigenvalue weighted by Crippen LogP contribution is -2.18. The summed E-state index contributed by atoms with van der Waals surface area (Å²) in [7, 11) is 0. The summed E-state index contributed by atoms with van der Waals surface area (Å²) >= 11 is 3.20. The molecular formula is C14H14BrFN2. The highest BCUT2D eigenvalue weighted by Crippen LogP contribution is 2.28. The maximum Gasteiger partial charge on any atom is 0.138 e. The summed E-state index contributed by atoms with van der Waals surface area (Å²) in [6.07, 6.45) is 2.44. The second kappa shape index (κ2) is 4.74. The van der Waals surface area contributed by atoms with E-state index in [0.717, 1.165) is 17.4 Å². The van der Waals surface area contributed by atoms with Crippen molar-refractivity contribution in [3.05, 3.63) is 34.7 Å². The first-order valence-electron chi connectivity index (χ1n) is 5.74. The van der Waals surface area contributed by atoms with Gasteiger partial charge in [0.05, 0.1) is 10.5 Å². The molecule has 0 atom stereocenters. The first-order valence-corrected chi connectivity index (χ1v) is 6.53. The molecular weight excluding hydrogens is 295 g/mol. The summed E-state index contributed by atoms with van der Waals surface area (Å²) in [5.74, 6) is -0.253. The van der Waals surface area contributed by atoms with E-state index in [4.69, 9.17) is 5.26 Å². The smallest absolute Gasteiger partial charge is 0.138 e. The fourth-order valence-corrected chi connectivity index (χ4v) is 2.38. The van der Waals surface area contributed by atoms with Crippen molar-refractivity contribution in [2.75, 3.05) is 0 Å². The molecule has 1 aromatic heterocycles. The molecule has 0 unspecified atom stereocenters. The Bertz CT molecular complexity index is 622. The van der Waals surface area contributed by atoms with Gasteiger partial charge in [0.1, 0.15) is 5.82 Å². The molecule has 0 saturated heterocycles. The molecule has 18 heavy (non-hydrogen) atoms. The fourth-order valence-electron chi connectivity index (χ4n) is 2.05. The Kier molecular flexibility index (Phi) is 3.45. The molecule has 0 fully saturated rings. The van der Waals surface area contributed by atoms with Gasteiger partial charge in [-0.2, -0.15) is 5.26 Å². The number of nitriles is 1. The maximum absolute atomic E-state index is 13.4. The van der Waals surface area contributed by atoms with Crippen LogP contribution in [0, 0.1) is 22.6 Å². The fraction of sp³-hybridized carbons (Fsp3) is 0.357. The number of benzene rings is 1. The van der Waals surface area contributed by atoms with Gasteiger partial charge < -0.3 is 4.57 Å². The van der Waals surface area contributed by atoms with Crippen molar-refractivity contribution < 1.29 is 4.39 Å². The van der Waals surface area contributed by atoms with Gasteiger partial charge in [-0.05, 0) is 39.5 Å². The molecule has 0 aliphatic rings. The van der Waals surface area contributed by atoms with Crippen LogP contribution in [0.5, 0.6) is 0 Å². The molecule has 0 aliphatic carbocycles. The van der Waals surface area contributed by atoms with Crippen molar-refractivity contribution in [2.24, 2.45) is 5.41 Å². The number of hydrogen-bond acceptors (Lipinski definition) is 1. The van der Waals surface area contributed by atoms with Gasteiger partial charge in [-0.15, -0.1) is 0 Å². The molecule has 0 radical (unpaired) electrons. The van der Waals surface area contributed by atoms with E-state index >= 15 is 0 Å². The average molecular weight is 309 g/mol. The summed E-state index contributed by atoms with van der Waals surface area (Å²) < 4.78 is 15.9. The number of halogens is 2. The minimum Gasteiger partial charge on any atom is -0.347 e. The monoisotopic (exact) mass is 308 g/mol. The highest BCUT2D eigenvalue weighted by molar-refractivity contribution is 9.10. The SMILES string of the molecule is CC(C)(CC#N)Cn1ccc2cc(F)c(Br)cc21. The van der Waals surface area contributed by atoms with Crippen molar-refractivity contribution in [3.63, 3.8) is 0 Å². The van der Waals surface area contributed by atoms with E-state index in [1.165, 1.54) is 6.07 Å². The molecule has 4 heteroatoms. The zero-order valence-electron chi connectivity index (χ0n) is 10.4. The van der Waals surface area contributed by atoms with Gasteiger partial charge in [-0.3, -0.25) is 0 Å². The molecule has 0 bridgehead atoms. The predicted octanol–water partition coefficient (Wildman–Crippen LogP) is 4.48. The van der Waals surface area contributed by atoms with Crippen LogP contribution in [0.4, 0.5) is 4.39 Å². The lowest BCUT2D eigenvalue weighted by molar-refractivity contribution is 0.318. The van der Waals surface area contributed by atoms with Crippen LogP contribution in [0.2, 0.25) is 0 Å². The number of nitrogens with zero attached hydrogens (tertiary/aromatic N) is 2. The van der Waals surface area contributed by atoms with Gasteiger partial charge in [0, 0.05) is 30.1 Å². The molecule has 0 aliphatic heterocycles. The van der Waals surface area contributed by atoms with Crippen molar-refractivity contribution in [2.45, 2.75) is 26.8 Å². The van der Waals surface area contributed by atoms with Gasteiger partial charge in [-0.1, -0.05) is 13.8 Å². The van der Waals surface area contributed by atoms with Crippen LogP contribution in [0.15, 0.2) is 28.9 Å². The van der Waals surface area contributed by atoms with E-state index in [1.807, 2.05) is 12.3 Å². The van der Waals surface area contributed by atoms with E-state index < -0.39 is 0 Å². The number of fused-ring (bicyclic) bond motifs is 1. The predicted molar refractivity (Wildman–Crippen MR) is 73.6 cm³/mol. The zero-order chi connectivity index (χ0) is 13.3. The van der Waals surface area contributed by atoms with E-state index in [-0.39, 0.29) is 11.2 Å². The molecule has 2 rings (SSSR count). The van der Waals surface area contributed by atoms with Crippen LogP contribution >= 0.6 is 15.9 Å². The Morgan fingerprint density at radius 3 is 2.83 bits per heavy atom. The highest BCUT2D eigenvalue weighted by atomic mass is 79.9. The summed E-state index contributed by atoms with van der Waals surface area (Å²) in [4.78, 5) is 0. The van der Waals surface area contributed by atoms with Crippen LogP contribution in [0.1, 0.15) is 20.3 Å². The molecule has 0 N–H and O–H groups in total. The molecule has 0 spiro atoms. The molecule has 0 saturated carbocycles. The normalized spacial score (nSPS) is 11.7. The maximum atomic E-state index is 13.4. The van der Waals surface area contributed by atoms with Gasteiger partial charge in [0.15, 0.2) is 0 Å². The second-order valence-corrected chi connectivity index (χ2v) is 6.12.